The SMILES string of the molecule is CC(C)(c1ncc(-c2ccc(Cl)cc2)o1)N1CCN(CC(O)C[C@@H](Cc2ncc(-c3cccnc3)s2)C(=O)NC2c3ccccc3OC[C@H]2O)[C@H](C(=O)NCC(F)(F)F)C1. The van der Waals surface area contributed by atoms with Crippen LogP contribution in [-0.4, -0.2) is 111 Å². The molecule has 5 aromatic rings. The highest BCUT2D eigenvalue weighted by molar-refractivity contribution is 7.15. The first kappa shape index (κ1) is 43.2. The Hall–Kier alpha value is -4.91. The van der Waals surface area contributed by atoms with E-state index in [1.807, 2.05) is 36.2 Å². The summed E-state index contributed by atoms with van der Waals surface area (Å²) in [5.41, 5.74) is 1.32. The maximum atomic E-state index is 14.2. The van der Waals surface area contributed by atoms with Crippen molar-refractivity contribution in [2.45, 2.75) is 62.7 Å². The van der Waals surface area contributed by atoms with Gasteiger partial charge in [-0.2, -0.15) is 13.2 Å². The summed E-state index contributed by atoms with van der Waals surface area (Å²) in [5.74, 6) is -0.781. The van der Waals surface area contributed by atoms with Gasteiger partial charge < -0.3 is 30.0 Å². The Kier molecular flexibility index (Phi) is 13.2. The lowest BCUT2D eigenvalue weighted by molar-refractivity contribution is -0.144. The highest BCUT2D eigenvalue weighted by atomic mass is 35.5. The number of halogens is 4. The summed E-state index contributed by atoms with van der Waals surface area (Å²) < 4.78 is 51.8. The number of ether oxygens (including phenoxy) is 1. The minimum absolute atomic E-state index is 0.0106. The van der Waals surface area contributed by atoms with Crippen molar-refractivity contribution in [3.05, 3.63) is 107 Å². The van der Waals surface area contributed by atoms with Crippen LogP contribution in [0.25, 0.3) is 21.8 Å². The van der Waals surface area contributed by atoms with Crippen molar-refractivity contribution >= 4 is 34.8 Å². The molecule has 0 aliphatic carbocycles. The molecule has 5 heterocycles. The van der Waals surface area contributed by atoms with Gasteiger partial charge in [0.25, 0.3) is 0 Å². The smallest absolute Gasteiger partial charge is 0.405 e. The average Bonchev–Trinajstić information content (AvgIpc) is 3.93. The molecule has 1 fully saturated rings. The van der Waals surface area contributed by atoms with Crippen LogP contribution >= 0.6 is 22.9 Å². The van der Waals surface area contributed by atoms with Crippen LogP contribution in [0, 0.1) is 5.92 Å². The summed E-state index contributed by atoms with van der Waals surface area (Å²) in [6, 6.07) is 15.9. The first-order valence-electron chi connectivity index (χ1n) is 19.4. The van der Waals surface area contributed by atoms with Crippen LogP contribution in [0.15, 0.2) is 89.9 Å². The quantitative estimate of drug-likeness (QED) is 0.109. The first-order chi connectivity index (χ1) is 28.6. The van der Waals surface area contributed by atoms with Crippen LogP contribution in [0.2, 0.25) is 5.02 Å². The van der Waals surface area contributed by atoms with Crippen molar-refractivity contribution in [1.82, 2.24) is 35.4 Å². The number of rotatable bonds is 14. The van der Waals surface area contributed by atoms with E-state index in [0.29, 0.717) is 39.5 Å². The molecule has 5 atom stereocenters. The van der Waals surface area contributed by atoms with E-state index in [1.54, 1.807) is 78.2 Å². The van der Waals surface area contributed by atoms with E-state index >= 15 is 0 Å². The number of carbonyl (C=O) groups excluding carboxylic acids is 2. The molecule has 13 nitrogen and oxygen atoms in total. The van der Waals surface area contributed by atoms with E-state index in [-0.39, 0.29) is 39.1 Å². The highest BCUT2D eigenvalue weighted by Gasteiger charge is 2.43. The molecule has 3 aromatic heterocycles. The summed E-state index contributed by atoms with van der Waals surface area (Å²) in [6.45, 7) is 2.57. The lowest BCUT2D eigenvalue weighted by atomic mass is 9.93. The zero-order valence-corrected chi connectivity index (χ0v) is 34.4. The molecular weight excluding hydrogens is 823 g/mol. The Balaban J connectivity index is 1.10. The topological polar surface area (TPSA) is 166 Å². The molecule has 0 spiro atoms. The molecule has 318 valence electrons. The summed E-state index contributed by atoms with van der Waals surface area (Å²) >= 11 is 7.44. The molecule has 2 aliphatic heterocycles. The number of hydrogen-bond donors (Lipinski definition) is 4. The fourth-order valence-electron chi connectivity index (χ4n) is 7.55. The van der Waals surface area contributed by atoms with Gasteiger partial charge in [-0.25, -0.2) is 9.97 Å². The third-order valence-corrected chi connectivity index (χ3v) is 12.2. The molecule has 2 aromatic carbocycles. The second-order valence-electron chi connectivity index (χ2n) is 15.4. The van der Waals surface area contributed by atoms with Gasteiger partial charge in [-0.15, -0.1) is 11.3 Å². The minimum Gasteiger partial charge on any atom is -0.490 e. The Morgan fingerprint density at radius 1 is 1.02 bits per heavy atom. The number of carbonyl (C=O) groups is 2. The summed E-state index contributed by atoms with van der Waals surface area (Å²) in [5, 5.41) is 28.8. The van der Waals surface area contributed by atoms with E-state index in [9.17, 15) is 33.0 Å². The predicted octanol–water partition coefficient (Wildman–Crippen LogP) is 5.63. The van der Waals surface area contributed by atoms with E-state index in [4.69, 9.17) is 20.8 Å². The number of pyridine rings is 1. The number of aromatic nitrogens is 3. The van der Waals surface area contributed by atoms with Gasteiger partial charge in [-0.3, -0.25) is 24.4 Å². The van der Waals surface area contributed by atoms with E-state index in [0.717, 1.165) is 16.0 Å². The monoisotopic (exact) mass is 867 g/mol. The molecule has 0 saturated carbocycles. The lowest BCUT2D eigenvalue weighted by Crippen LogP contribution is -2.63. The zero-order valence-electron chi connectivity index (χ0n) is 32.8. The number of oxazole rings is 1. The van der Waals surface area contributed by atoms with Crippen molar-refractivity contribution in [2.75, 3.05) is 39.3 Å². The number of hydrogen-bond acceptors (Lipinski definition) is 12. The third kappa shape index (κ3) is 10.3. The predicted molar refractivity (Wildman–Crippen MR) is 218 cm³/mol. The van der Waals surface area contributed by atoms with Crippen molar-refractivity contribution in [1.29, 1.82) is 0 Å². The zero-order chi connectivity index (χ0) is 42.6. The Bertz CT molecular complexity index is 2240. The number of β-amino-alcohol motifs (C(OH)–C–C–N with tert-alkyl or cyclic N) is 1. The van der Waals surface area contributed by atoms with Gasteiger partial charge in [0.05, 0.1) is 33.8 Å². The van der Waals surface area contributed by atoms with Gasteiger partial charge in [-0.1, -0.05) is 35.9 Å². The standard InChI is InChI=1S/C42H45ClF3N7O6S/c1-41(2,40-49-19-34(59-40)25-9-11-28(43)12-10-25)53-15-14-52(31(22-53)39(57)50-24-42(44,45)46)21-29(54)16-27(17-36-48-20-35(60-36)26-6-5-13-47-18-26)38(56)51-37-30-7-3-4-8-33(30)58-23-32(37)55/h3-13,18-20,27,29,31-32,37,54-55H,14-17,21-24H2,1-2H3,(H,50,57)(H,51,56)/t27-,29?,31-,32+,37?/m0/s1. The molecule has 1 saturated heterocycles. The van der Waals surface area contributed by atoms with Gasteiger partial charge in [-0.05, 0) is 56.7 Å². The van der Waals surface area contributed by atoms with Gasteiger partial charge in [0.2, 0.25) is 17.7 Å². The molecule has 18 heteroatoms. The molecule has 2 unspecified atom stereocenters. The summed E-state index contributed by atoms with van der Waals surface area (Å²) in [4.78, 5) is 45.5. The first-order valence-corrected chi connectivity index (χ1v) is 20.6. The number of nitrogens with one attached hydrogen (secondary N) is 2. The second-order valence-corrected chi connectivity index (χ2v) is 17.0. The van der Waals surface area contributed by atoms with Crippen LogP contribution < -0.4 is 15.4 Å². The number of nitrogens with zero attached hydrogens (tertiary/aromatic N) is 5. The van der Waals surface area contributed by atoms with E-state index < -0.39 is 60.3 Å². The van der Waals surface area contributed by atoms with Gasteiger partial charge >= 0.3 is 6.18 Å². The van der Waals surface area contributed by atoms with E-state index in [1.165, 1.54) is 11.3 Å². The Labute approximate surface area is 353 Å². The Morgan fingerprint density at radius 3 is 2.55 bits per heavy atom. The van der Waals surface area contributed by atoms with Crippen molar-refractivity contribution < 1.29 is 42.1 Å². The molecule has 4 N–H and O–H groups in total. The average molecular weight is 868 g/mol. The molecule has 60 heavy (non-hydrogen) atoms. The number of para-hydroxylation sites is 1. The maximum Gasteiger partial charge on any atom is 0.405 e. The van der Waals surface area contributed by atoms with Crippen LogP contribution in [0.3, 0.4) is 0 Å². The van der Waals surface area contributed by atoms with Crippen molar-refractivity contribution in [3.63, 3.8) is 0 Å². The van der Waals surface area contributed by atoms with Crippen LogP contribution in [0.5, 0.6) is 5.75 Å². The molecule has 2 amide bonds. The number of alkyl halides is 3. The third-order valence-electron chi connectivity index (χ3n) is 10.8. The number of aliphatic hydroxyl groups excluding tert-OH is 2. The number of piperazine rings is 1. The number of benzene rings is 2. The van der Waals surface area contributed by atoms with Crippen LogP contribution in [0.4, 0.5) is 13.2 Å². The Morgan fingerprint density at radius 2 is 1.80 bits per heavy atom. The van der Waals surface area contributed by atoms with Crippen molar-refractivity contribution in [2.24, 2.45) is 5.92 Å². The van der Waals surface area contributed by atoms with Crippen LogP contribution in [-0.2, 0) is 21.5 Å². The van der Waals surface area contributed by atoms with Gasteiger partial charge in [0.15, 0.2) is 5.76 Å². The molecule has 2 aliphatic rings. The van der Waals surface area contributed by atoms with Crippen LogP contribution in [0.1, 0.15) is 42.8 Å². The number of amides is 2. The van der Waals surface area contributed by atoms with Gasteiger partial charge in [0.1, 0.15) is 31.0 Å². The van der Waals surface area contributed by atoms with Gasteiger partial charge in [0, 0.05) is 78.8 Å². The normalized spacial score (nSPS) is 19.8. The fourth-order valence-corrected chi connectivity index (χ4v) is 8.66. The van der Waals surface area contributed by atoms with Crippen molar-refractivity contribution in [3.8, 4) is 27.5 Å². The number of aliphatic hydroxyl groups is 2. The minimum atomic E-state index is -4.64. The fraction of sp³-hybridized carbons (Fsp3) is 0.405. The molecule has 7 rings (SSSR count). The number of thiazole rings is 1. The maximum absolute atomic E-state index is 14.2. The molecule has 0 bridgehead atoms. The summed E-state index contributed by atoms with van der Waals surface area (Å²) in [6.07, 6.45) is -0.169. The number of fused-ring (bicyclic) bond motifs is 1. The largest absolute Gasteiger partial charge is 0.490 e. The molecular formula is C42H45ClF3N7O6S. The second kappa shape index (κ2) is 18.4. The highest BCUT2D eigenvalue weighted by Crippen LogP contribution is 2.35. The lowest BCUT2D eigenvalue weighted by Gasteiger charge is -2.46. The molecule has 0 radical (unpaired) electrons. The van der Waals surface area contributed by atoms with E-state index in [2.05, 4.69) is 20.3 Å². The summed E-state index contributed by atoms with van der Waals surface area (Å²) in [7, 11) is 0.